The third-order valence-corrected chi connectivity index (χ3v) is 12.7. The molecule has 0 N–H and O–H groups in total. The van der Waals surface area contributed by atoms with Gasteiger partial charge < -0.3 is 14.2 Å². The van der Waals surface area contributed by atoms with Gasteiger partial charge in [-0.3, -0.25) is 14.4 Å². The molecule has 0 aliphatic rings. The molecule has 0 saturated carbocycles. The Morgan fingerprint density at radius 3 is 0.922 bits per heavy atom. The molecule has 0 fully saturated rings. The Labute approximate surface area is 398 Å². The Kier molecular flexibility index (Phi) is 51.7. The first-order valence-corrected chi connectivity index (χ1v) is 28.3. The lowest BCUT2D eigenvalue weighted by molar-refractivity contribution is -0.167. The third-order valence-electron chi connectivity index (χ3n) is 12.7. The van der Waals surface area contributed by atoms with Crippen molar-refractivity contribution < 1.29 is 28.6 Å². The molecule has 6 nitrogen and oxygen atoms in total. The molecule has 376 valence electrons. The van der Waals surface area contributed by atoms with Crippen LogP contribution in [0.15, 0.2) is 24.3 Å². The smallest absolute Gasteiger partial charge is 0.306 e. The van der Waals surface area contributed by atoms with Gasteiger partial charge in [0.25, 0.3) is 0 Å². The first kappa shape index (κ1) is 61.9. The summed E-state index contributed by atoms with van der Waals surface area (Å²) in [4.78, 5) is 37.7. The van der Waals surface area contributed by atoms with E-state index in [4.69, 9.17) is 14.2 Å². The average molecular weight is 901 g/mol. The van der Waals surface area contributed by atoms with Gasteiger partial charge >= 0.3 is 17.9 Å². The van der Waals surface area contributed by atoms with Gasteiger partial charge in [-0.05, 0) is 44.9 Å². The van der Waals surface area contributed by atoms with E-state index in [0.717, 1.165) is 96.3 Å². The van der Waals surface area contributed by atoms with Gasteiger partial charge in [0.2, 0.25) is 0 Å². The molecule has 0 aromatic rings. The first-order valence-electron chi connectivity index (χ1n) is 28.3. The molecule has 0 aliphatic carbocycles. The molecular formula is C58H108O6. The van der Waals surface area contributed by atoms with Crippen LogP contribution in [0.5, 0.6) is 0 Å². The van der Waals surface area contributed by atoms with Crippen LogP contribution in [0.4, 0.5) is 0 Å². The molecule has 0 radical (unpaired) electrons. The second-order valence-electron chi connectivity index (χ2n) is 19.2. The van der Waals surface area contributed by atoms with Gasteiger partial charge in [-0.2, -0.15) is 0 Å². The predicted molar refractivity (Wildman–Crippen MR) is 275 cm³/mol. The monoisotopic (exact) mass is 901 g/mol. The summed E-state index contributed by atoms with van der Waals surface area (Å²) in [6.45, 7) is 6.51. The van der Waals surface area contributed by atoms with Crippen molar-refractivity contribution in [2.24, 2.45) is 0 Å². The highest BCUT2D eigenvalue weighted by Gasteiger charge is 2.19. The van der Waals surface area contributed by atoms with E-state index >= 15 is 0 Å². The SMILES string of the molecule is CCC/C=C\C/C=C\CCCCCCCC(=O)OC(COC(=O)CCCCCCC)COC(=O)CCCCCCCCCCCCCCCCCCCCCCCCCCCCCC. The normalized spacial score (nSPS) is 12.1. The van der Waals surface area contributed by atoms with E-state index in [1.807, 2.05) is 0 Å². The third kappa shape index (κ3) is 50.9. The van der Waals surface area contributed by atoms with Crippen molar-refractivity contribution >= 4 is 17.9 Å². The summed E-state index contributed by atoms with van der Waals surface area (Å²) in [5.74, 6) is -0.889. The molecule has 0 amide bonds. The summed E-state index contributed by atoms with van der Waals surface area (Å²) in [6, 6.07) is 0. The number of allylic oxidation sites excluding steroid dienone is 4. The number of carbonyl (C=O) groups is 3. The molecule has 1 atom stereocenters. The van der Waals surface area contributed by atoms with Crippen molar-refractivity contribution in [1.29, 1.82) is 0 Å². The lowest BCUT2D eigenvalue weighted by Crippen LogP contribution is -2.30. The van der Waals surface area contributed by atoms with Crippen molar-refractivity contribution in [2.45, 2.75) is 316 Å². The maximum Gasteiger partial charge on any atom is 0.306 e. The fourth-order valence-electron chi connectivity index (χ4n) is 8.42. The molecular weight excluding hydrogens is 793 g/mol. The summed E-state index contributed by atoms with van der Waals surface area (Å²) in [7, 11) is 0. The maximum atomic E-state index is 12.7. The highest BCUT2D eigenvalue weighted by atomic mass is 16.6. The van der Waals surface area contributed by atoms with Crippen LogP contribution in [-0.2, 0) is 28.6 Å². The second-order valence-corrected chi connectivity index (χ2v) is 19.2. The Bertz CT molecular complexity index is 1040. The largest absolute Gasteiger partial charge is 0.462 e. The van der Waals surface area contributed by atoms with Crippen LogP contribution >= 0.6 is 0 Å². The molecule has 64 heavy (non-hydrogen) atoms. The van der Waals surface area contributed by atoms with Gasteiger partial charge in [-0.1, -0.05) is 270 Å². The number of hydrogen-bond acceptors (Lipinski definition) is 6. The van der Waals surface area contributed by atoms with Crippen molar-refractivity contribution in [2.75, 3.05) is 13.2 Å². The molecule has 0 spiro atoms. The highest BCUT2D eigenvalue weighted by molar-refractivity contribution is 5.71. The maximum absolute atomic E-state index is 12.7. The standard InChI is InChI=1S/C58H108O6/c1-4-7-10-13-15-17-19-21-22-23-24-25-26-27-28-29-30-31-32-33-34-35-37-38-40-42-45-48-51-57(60)63-54-55(53-62-56(59)50-47-44-12-9-6-3)64-58(61)52-49-46-43-41-39-36-20-18-16-14-11-8-5-2/h11,14,18,20,55H,4-10,12-13,15-17,19,21-54H2,1-3H3/b14-11-,20-18-. The number of carbonyl (C=O) groups excluding carboxylic acids is 3. The minimum absolute atomic E-state index is 0.0736. The molecule has 0 saturated heterocycles. The first-order chi connectivity index (χ1) is 31.5. The molecule has 0 aliphatic heterocycles. The molecule has 0 bridgehead atoms. The van der Waals surface area contributed by atoms with Crippen molar-refractivity contribution in [3.05, 3.63) is 24.3 Å². The summed E-state index contributed by atoms with van der Waals surface area (Å²) in [6.07, 6.45) is 62.4. The van der Waals surface area contributed by atoms with Crippen LogP contribution in [0.1, 0.15) is 310 Å². The lowest BCUT2D eigenvalue weighted by atomic mass is 10.0. The fraction of sp³-hybridized carbons (Fsp3) is 0.879. The molecule has 0 aromatic heterocycles. The van der Waals surface area contributed by atoms with Gasteiger partial charge in [0.1, 0.15) is 13.2 Å². The molecule has 6 heteroatoms. The van der Waals surface area contributed by atoms with Gasteiger partial charge in [-0.25, -0.2) is 0 Å². The van der Waals surface area contributed by atoms with E-state index < -0.39 is 6.10 Å². The van der Waals surface area contributed by atoms with Gasteiger partial charge in [0, 0.05) is 19.3 Å². The summed E-state index contributed by atoms with van der Waals surface area (Å²) in [5, 5.41) is 0. The van der Waals surface area contributed by atoms with Crippen molar-refractivity contribution in [1.82, 2.24) is 0 Å². The average Bonchev–Trinajstić information content (AvgIpc) is 3.29. The number of hydrogen-bond donors (Lipinski definition) is 0. The zero-order chi connectivity index (χ0) is 46.5. The van der Waals surface area contributed by atoms with E-state index in [1.54, 1.807) is 0 Å². The topological polar surface area (TPSA) is 78.9 Å². The quantitative estimate of drug-likeness (QED) is 0.0262. The number of esters is 3. The highest BCUT2D eigenvalue weighted by Crippen LogP contribution is 2.17. The van der Waals surface area contributed by atoms with Crippen LogP contribution < -0.4 is 0 Å². The Balaban J connectivity index is 3.93. The Morgan fingerprint density at radius 1 is 0.312 bits per heavy atom. The minimum Gasteiger partial charge on any atom is -0.462 e. The van der Waals surface area contributed by atoms with Crippen LogP contribution in [-0.4, -0.2) is 37.2 Å². The minimum atomic E-state index is -0.771. The van der Waals surface area contributed by atoms with E-state index in [0.29, 0.717) is 19.3 Å². The molecule has 0 aromatic carbocycles. The molecule has 1 unspecified atom stereocenters. The van der Waals surface area contributed by atoms with Crippen molar-refractivity contribution in [3.8, 4) is 0 Å². The van der Waals surface area contributed by atoms with E-state index in [1.165, 1.54) is 173 Å². The fourth-order valence-corrected chi connectivity index (χ4v) is 8.42. The van der Waals surface area contributed by atoms with Crippen LogP contribution in [0.3, 0.4) is 0 Å². The summed E-state index contributed by atoms with van der Waals surface area (Å²) >= 11 is 0. The number of unbranched alkanes of at least 4 members (excludes halogenated alkanes) is 37. The summed E-state index contributed by atoms with van der Waals surface area (Å²) < 4.78 is 16.7. The van der Waals surface area contributed by atoms with E-state index in [-0.39, 0.29) is 31.1 Å². The van der Waals surface area contributed by atoms with Crippen LogP contribution in [0.2, 0.25) is 0 Å². The van der Waals surface area contributed by atoms with E-state index in [9.17, 15) is 14.4 Å². The van der Waals surface area contributed by atoms with Gasteiger partial charge in [0.15, 0.2) is 6.10 Å². The lowest BCUT2D eigenvalue weighted by Gasteiger charge is -2.18. The molecule has 0 rings (SSSR count). The van der Waals surface area contributed by atoms with E-state index in [2.05, 4.69) is 45.1 Å². The van der Waals surface area contributed by atoms with Gasteiger partial charge in [-0.15, -0.1) is 0 Å². The number of ether oxygens (including phenoxy) is 3. The van der Waals surface area contributed by atoms with Gasteiger partial charge in [0.05, 0.1) is 0 Å². The summed E-state index contributed by atoms with van der Waals surface area (Å²) in [5.41, 5.74) is 0. The predicted octanol–water partition coefficient (Wildman–Crippen LogP) is 18.7. The zero-order valence-corrected chi connectivity index (χ0v) is 43.1. The van der Waals surface area contributed by atoms with Crippen LogP contribution in [0, 0.1) is 0 Å². The molecule has 0 heterocycles. The zero-order valence-electron chi connectivity index (χ0n) is 43.1. The number of rotatable bonds is 52. The second kappa shape index (κ2) is 53.5. The Hall–Kier alpha value is -2.11. The van der Waals surface area contributed by atoms with Crippen molar-refractivity contribution in [3.63, 3.8) is 0 Å². The van der Waals surface area contributed by atoms with Crippen LogP contribution in [0.25, 0.3) is 0 Å². The Morgan fingerprint density at radius 2 is 0.594 bits per heavy atom.